The number of nitrogens with two attached hydrogens (primary N) is 2. The van der Waals surface area contributed by atoms with Crippen LogP contribution in [-0.4, -0.2) is 53.3 Å². The normalized spacial score (nSPS) is 17.0. The number of allylic oxidation sites excluding steroid dienone is 1. The van der Waals surface area contributed by atoms with Crippen LogP contribution in [-0.2, 0) is 5.41 Å². The minimum Gasteiger partial charge on any atom is -0.404 e. The van der Waals surface area contributed by atoms with Crippen molar-refractivity contribution in [1.82, 2.24) is 20.4 Å². The lowest BCUT2D eigenvalue weighted by atomic mass is 9.72. The molecule has 0 aliphatic carbocycles. The monoisotopic (exact) mass is 437 g/mol. The lowest BCUT2D eigenvalue weighted by Gasteiger charge is -2.31. The van der Waals surface area contributed by atoms with E-state index in [1.54, 1.807) is 11.1 Å². The van der Waals surface area contributed by atoms with Crippen LogP contribution >= 0.6 is 0 Å². The van der Waals surface area contributed by atoms with Crippen LogP contribution in [0.4, 0.5) is 0 Å². The number of piperazine rings is 1. The van der Waals surface area contributed by atoms with Crippen LogP contribution in [0, 0.1) is 5.92 Å². The number of carbonyl (C=O) groups excluding carboxylic acids is 1. The maximum atomic E-state index is 12.8. The second kappa shape index (κ2) is 9.78. The molecule has 1 atom stereocenters. The van der Waals surface area contributed by atoms with Gasteiger partial charge in [0.2, 0.25) is 0 Å². The number of benzene rings is 1. The van der Waals surface area contributed by atoms with Gasteiger partial charge < -0.3 is 26.2 Å². The first-order valence-electron chi connectivity index (χ1n) is 10.6. The van der Waals surface area contributed by atoms with Gasteiger partial charge in [0.05, 0.1) is 5.41 Å². The van der Waals surface area contributed by atoms with Crippen molar-refractivity contribution in [2.24, 2.45) is 22.4 Å². The van der Waals surface area contributed by atoms with Gasteiger partial charge in [-0.15, -0.1) is 0 Å². The summed E-state index contributed by atoms with van der Waals surface area (Å²) in [5.74, 6) is 0.618. The molecule has 1 aromatic carbocycles. The van der Waals surface area contributed by atoms with Crippen LogP contribution in [0.1, 0.15) is 48.4 Å². The molecule has 3 rings (SSSR count). The molecule has 0 spiro atoms. The number of nitrogens with zero attached hydrogens (tertiary/aromatic N) is 4. The number of aliphatic imine (C=N–C) groups is 1. The van der Waals surface area contributed by atoms with E-state index < -0.39 is 5.41 Å². The van der Waals surface area contributed by atoms with Crippen LogP contribution < -0.4 is 16.8 Å². The zero-order valence-electron chi connectivity index (χ0n) is 18.8. The molecule has 1 aliphatic heterocycles. The van der Waals surface area contributed by atoms with E-state index >= 15 is 0 Å². The molecule has 1 aromatic heterocycles. The summed E-state index contributed by atoms with van der Waals surface area (Å²) in [5.41, 5.74) is 13.3. The Kier molecular flexibility index (Phi) is 7.09. The second-order valence-corrected chi connectivity index (χ2v) is 8.27. The topological polar surface area (TPSA) is 136 Å². The zero-order chi connectivity index (χ0) is 23.3. The number of aromatic nitrogens is 2. The Labute approximate surface area is 188 Å². The number of hydrogen-bond donors (Lipinski definition) is 3. The highest BCUT2D eigenvalue weighted by Crippen LogP contribution is 2.37. The van der Waals surface area contributed by atoms with Gasteiger partial charge in [0.15, 0.2) is 5.82 Å². The van der Waals surface area contributed by atoms with Gasteiger partial charge in [0.1, 0.15) is 5.82 Å². The van der Waals surface area contributed by atoms with Gasteiger partial charge in [-0.1, -0.05) is 49.8 Å². The Morgan fingerprint density at radius 3 is 2.53 bits per heavy atom. The molecule has 2 aromatic rings. The lowest BCUT2D eigenvalue weighted by Crippen LogP contribution is -2.46. The van der Waals surface area contributed by atoms with Crippen molar-refractivity contribution in [3.63, 3.8) is 0 Å². The van der Waals surface area contributed by atoms with E-state index in [-0.39, 0.29) is 23.5 Å². The highest BCUT2D eigenvalue weighted by molar-refractivity contribution is 6.09. The highest BCUT2D eigenvalue weighted by Gasteiger charge is 2.38. The van der Waals surface area contributed by atoms with E-state index in [0.717, 1.165) is 29.8 Å². The standard InChI is InChI=1S/C23H31N7O2/c1-15(2)23(4,19-7-5-17(6-8-19)18(13-24)14-27-16(3)25)22-28-20(32-29-22)21(31)30-11-9-26-10-12-30/h5-8,13-15,26H,3,9-12,24-25H2,1-2,4H3/b18-13+,27-14?. The molecule has 9 heteroatoms. The maximum absolute atomic E-state index is 12.8. The van der Waals surface area contributed by atoms with Crippen LogP contribution in [0.3, 0.4) is 0 Å². The predicted octanol–water partition coefficient (Wildman–Crippen LogP) is 1.88. The summed E-state index contributed by atoms with van der Waals surface area (Å²) in [6, 6.07) is 7.90. The van der Waals surface area contributed by atoms with Crippen LogP contribution in [0.5, 0.6) is 0 Å². The molecule has 9 nitrogen and oxygen atoms in total. The first-order valence-corrected chi connectivity index (χ1v) is 10.6. The third-order valence-electron chi connectivity index (χ3n) is 6.00. The Balaban J connectivity index is 1.89. The fourth-order valence-corrected chi connectivity index (χ4v) is 3.62. The molecular formula is C23H31N7O2. The average Bonchev–Trinajstić information content (AvgIpc) is 3.30. The molecule has 2 heterocycles. The number of carbonyl (C=O) groups is 1. The summed E-state index contributed by atoms with van der Waals surface area (Å²) >= 11 is 0. The molecule has 1 aliphatic rings. The van der Waals surface area contributed by atoms with Crippen molar-refractivity contribution < 1.29 is 9.32 Å². The minimum absolute atomic E-state index is 0.0250. The molecule has 0 saturated carbocycles. The molecule has 1 amide bonds. The Morgan fingerprint density at radius 2 is 1.97 bits per heavy atom. The zero-order valence-corrected chi connectivity index (χ0v) is 18.8. The quantitative estimate of drug-likeness (QED) is 0.563. The van der Waals surface area contributed by atoms with Gasteiger partial charge in [-0.3, -0.25) is 4.79 Å². The van der Waals surface area contributed by atoms with Gasteiger partial charge in [0, 0.05) is 44.2 Å². The molecule has 1 unspecified atom stereocenters. The van der Waals surface area contributed by atoms with E-state index in [2.05, 4.69) is 47.8 Å². The smallest absolute Gasteiger partial charge is 0.316 e. The van der Waals surface area contributed by atoms with Gasteiger partial charge in [0.25, 0.3) is 0 Å². The van der Waals surface area contributed by atoms with E-state index in [0.29, 0.717) is 18.9 Å². The Morgan fingerprint density at radius 1 is 1.31 bits per heavy atom. The molecule has 1 saturated heterocycles. The van der Waals surface area contributed by atoms with Crippen LogP contribution in [0.2, 0.25) is 0 Å². The van der Waals surface area contributed by atoms with Crippen LogP contribution in [0.25, 0.3) is 5.57 Å². The highest BCUT2D eigenvalue weighted by atomic mass is 16.5. The Hall–Kier alpha value is -3.46. The SMILES string of the molecule is C=C(N)N=C/C(=C\N)c1ccc(C(C)(c2noc(C(=O)N3CCNCC3)n2)C(C)C)cc1. The van der Waals surface area contributed by atoms with Gasteiger partial charge >= 0.3 is 11.8 Å². The summed E-state index contributed by atoms with van der Waals surface area (Å²) in [6.45, 7) is 12.5. The van der Waals surface area contributed by atoms with Crippen molar-refractivity contribution in [1.29, 1.82) is 0 Å². The van der Waals surface area contributed by atoms with Crippen molar-refractivity contribution in [3.8, 4) is 0 Å². The predicted molar refractivity (Wildman–Crippen MR) is 125 cm³/mol. The fourth-order valence-electron chi connectivity index (χ4n) is 3.62. The second-order valence-electron chi connectivity index (χ2n) is 8.27. The molecule has 0 bridgehead atoms. The van der Waals surface area contributed by atoms with Gasteiger partial charge in [-0.25, -0.2) is 4.99 Å². The summed E-state index contributed by atoms with van der Waals surface area (Å²) in [6.07, 6.45) is 3.04. The summed E-state index contributed by atoms with van der Waals surface area (Å²) < 4.78 is 5.40. The van der Waals surface area contributed by atoms with Gasteiger partial charge in [-0.2, -0.15) is 4.98 Å². The first kappa shape index (κ1) is 23.2. The van der Waals surface area contributed by atoms with Gasteiger partial charge in [-0.05, 0) is 24.0 Å². The molecule has 5 N–H and O–H groups in total. The molecule has 1 fully saturated rings. The van der Waals surface area contributed by atoms with E-state index in [4.69, 9.17) is 16.0 Å². The number of hydrogen-bond acceptors (Lipinski definition) is 8. The molecule has 32 heavy (non-hydrogen) atoms. The molecular weight excluding hydrogens is 406 g/mol. The molecule has 170 valence electrons. The van der Waals surface area contributed by atoms with E-state index in [9.17, 15) is 4.79 Å². The maximum Gasteiger partial charge on any atom is 0.316 e. The summed E-state index contributed by atoms with van der Waals surface area (Å²) in [5, 5.41) is 7.42. The van der Waals surface area contributed by atoms with Crippen molar-refractivity contribution >= 4 is 17.7 Å². The van der Waals surface area contributed by atoms with E-state index in [1.165, 1.54) is 6.20 Å². The van der Waals surface area contributed by atoms with Crippen molar-refractivity contribution in [2.45, 2.75) is 26.2 Å². The number of amides is 1. The number of nitrogens with one attached hydrogen (secondary N) is 1. The third-order valence-corrected chi connectivity index (χ3v) is 6.00. The van der Waals surface area contributed by atoms with E-state index in [1.807, 2.05) is 24.3 Å². The third kappa shape index (κ3) is 4.72. The lowest BCUT2D eigenvalue weighted by molar-refractivity contribution is 0.0685. The minimum atomic E-state index is -0.559. The largest absolute Gasteiger partial charge is 0.404 e. The van der Waals surface area contributed by atoms with Crippen molar-refractivity contribution in [3.05, 3.63) is 65.7 Å². The van der Waals surface area contributed by atoms with Crippen molar-refractivity contribution in [2.75, 3.05) is 26.2 Å². The first-order chi connectivity index (χ1) is 15.3. The fraction of sp³-hybridized carbons (Fsp3) is 0.391. The number of rotatable bonds is 7. The summed E-state index contributed by atoms with van der Waals surface area (Å²) in [4.78, 5) is 23.0. The molecule has 0 radical (unpaired) electrons. The Bertz CT molecular complexity index is 1020. The van der Waals surface area contributed by atoms with Crippen LogP contribution in [0.15, 0.2) is 52.4 Å². The average molecular weight is 438 g/mol. The summed E-state index contributed by atoms with van der Waals surface area (Å²) in [7, 11) is 0.